The summed E-state index contributed by atoms with van der Waals surface area (Å²) in [7, 11) is 4.13. The van der Waals surface area contributed by atoms with E-state index in [-0.39, 0.29) is 6.10 Å². The van der Waals surface area contributed by atoms with Crippen molar-refractivity contribution in [1.82, 2.24) is 15.0 Å². The van der Waals surface area contributed by atoms with Crippen LogP contribution in [0.1, 0.15) is 66.0 Å². The number of nitriles is 1. The molecule has 1 N–H and O–H groups in total. The van der Waals surface area contributed by atoms with Crippen molar-refractivity contribution in [3.63, 3.8) is 0 Å². The molecule has 0 atom stereocenters. The predicted molar refractivity (Wildman–Crippen MR) is 150 cm³/mol. The summed E-state index contributed by atoms with van der Waals surface area (Å²) < 4.78 is 12.3. The Bertz CT molecular complexity index is 1230. The van der Waals surface area contributed by atoms with Gasteiger partial charge in [-0.2, -0.15) is 5.26 Å². The molecule has 0 amide bonds. The quantitative estimate of drug-likeness (QED) is 0.361. The molecule has 1 saturated heterocycles. The van der Waals surface area contributed by atoms with Gasteiger partial charge in [-0.05, 0) is 115 Å². The zero-order valence-corrected chi connectivity index (χ0v) is 23.5. The molecular formula is C30H40N4O3S. The number of ether oxygens (including phenoxy) is 1. The van der Waals surface area contributed by atoms with Crippen LogP contribution in [0.2, 0.25) is 0 Å². The van der Waals surface area contributed by atoms with Crippen molar-refractivity contribution in [2.24, 2.45) is 11.8 Å². The van der Waals surface area contributed by atoms with E-state index in [0.29, 0.717) is 18.4 Å². The summed E-state index contributed by atoms with van der Waals surface area (Å²) in [6.07, 6.45) is 8.11. The maximum absolute atomic E-state index is 9.80. The first kappa shape index (κ1) is 27.1. The Morgan fingerprint density at radius 3 is 2.61 bits per heavy atom. The van der Waals surface area contributed by atoms with Crippen LogP contribution in [0, 0.1) is 23.2 Å². The Morgan fingerprint density at radius 1 is 1.11 bits per heavy atom. The largest absolute Gasteiger partial charge is 0.493 e. The standard InChI is InChI=1S/C30H40N4O3S/c1-33(2)19-27-29(36-20-22-3-6-23(35)7-4-22)12-10-26-28(32-37-30(26)27)11-5-21-13-15-34(16-14-21)18-25-9-8-24(17-31)38-25/h8-10,12,21-23,35H,3-7,11,13-16,18-20H2,1-2H3/t22-,23+. The van der Waals surface area contributed by atoms with Gasteiger partial charge in [-0.25, -0.2) is 0 Å². The van der Waals surface area contributed by atoms with Crippen molar-refractivity contribution in [3.05, 3.63) is 45.3 Å². The fourth-order valence-corrected chi connectivity index (χ4v) is 6.76. The number of benzene rings is 1. The molecule has 5 rings (SSSR count). The molecule has 7 nitrogen and oxygen atoms in total. The number of hydrogen-bond acceptors (Lipinski definition) is 8. The van der Waals surface area contributed by atoms with E-state index in [1.165, 1.54) is 17.7 Å². The van der Waals surface area contributed by atoms with Crippen LogP contribution in [0.4, 0.5) is 0 Å². The minimum Gasteiger partial charge on any atom is -0.493 e. The highest BCUT2D eigenvalue weighted by atomic mass is 32.1. The highest BCUT2D eigenvalue weighted by molar-refractivity contribution is 7.12. The molecule has 38 heavy (non-hydrogen) atoms. The molecule has 2 aliphatic rings. The molecule has 1 aliphatic carbocycles. The SMILES string of the molecule is CN(C)Cc1c(OC[C@H]2CC[C@@H](O)CC2)ccc2c(CCC3CCN(Cc4ccc(C#N)s4)CC3)noc12. The van der Waals surface area contributed by atoms with Crippen LogP contribution in [0.15, 0.2) is 28.8 Å². The lowest BCUT2D eigenvalue weighted by Crippen LogP contribution is -2.33. The molecule has 0 bridgehead atoms. The van der Waals surface area contributed by atoms with Crippen LogP contribution in [-0.4, -0.2) is 60.0 Å². The topological polar surface area (TPSA) is 85.8 Å². The number of thiophene rings is 1. The minimum absolute atomic E-state index is 0.142. The van der Waals surface area contributed by atoms with Crippen molar-refractivity contribution < 1.29 is 14.4 Å². The first-order valence-electron chi connectivity index (χ1n) is 14.1. The summed E-state index contributed by atoms with van der Waals surface area (Å²) >= 11 is 1.61. The number of aliphatic hydroxyl groups excluding tert-OH is 1. The van der Waals surface area contributed by atoms with Crippen molar-refractivity contribution >= 4 is 22.3 Å². The zero-order valence-electron chi connectivity index (χ0n) is 22.7. The van der Waals surface area contributed by atoms with Gasteiger partial charge in [0.05, 0.1) is 24.0 Å². The first-order valence-corrected chi connectivity index (χ1v) is 14.9. The average molecular weight is 537 g/mol. The Labute approximate surface area is 230 Å². The third kappa shape index (κ3) is 6.76. The molecular weight excluding hydrogens is 496 g/mol. The van der Waals surface area contributed by atoms with Crippen LogP contribution < -0.4 is 4.74 Å². The maximum atomic E-state index is 9.80. The number of hydrogen-bond donors (Lipinski definition) is 1. The maximum Gasteiger partial charge on any atom is 0.175 e. The summed E-state index contributed by atoms with van der Waals surface area (Å²) in [5.74, 6) is 2.09. The second-order valence-electron chi connectivity index (χ2n) is 11.4. The first-order chi connectivity index (χ1) is 18.5. The lowest BCUT2D eigenvalue weighted by atomic mass is 9.88. The molecule has 1 aliphatic heterocycles. The number of aromatic nitrogens is 1. The molecule has 2 aromatic heterocycles. The van der Waals surface area contributed by atoms with Gasteiger partial charge in [-0.3, -0.25) is 4.90 Å². The van der Waals surface area contributed by atoms with E-state index in [1.807, 2.05) is 6.07 Å². The van der Waals surface area contributed by atoms with E-state index in [9.17, 15) is 5.11 Å². The normalized spacial score (nSPS) is 21.2. The molecule has 2 fully saturated rings. The van der Waals surface area contributed by atoms with E-state index in [4.69, 9.17) is 14.5 Å². The van der Waals surface area contributed by atoms with Crippen molar-refractivity contribution in [3.8, 4) is 11.8 Å². The predicted octanol–water partition coefficient (Wildman–Crippen LogP) is 5.60. The molecule has 0 unspecified atom stereocenters. The lowest BCUT2D eigenvalue weighted by molar-refractivity contribution is 0.0914. The van der Waals surface area contributed by atoms with E-state index < -0.39 is 0 Å². The molecule has 0 radical (unpaired) electrons. The highest BCUT2D eigenvalue weighted by Crippen LogP contribution is 2.34. The van der Waals surface area contributed by atoms with Crippen LogP contribution in [0.25, 0.3) is 11.0 Å². The number of nitrogens with zero attached hydrogens (tertiary/aromatic N) is 4. The number of likely N-dealkylation sites (tertiary alicyclic amines) is 1. The average Bonchev–Trinajstić information content (AvgIpc) is 3.55. The fourth-order valence-electron chi connectivity index (χ4n) is 5.91. The molecule has 204 valence electrons. The van der Waals surface area contributed by atoms with E-state index in [2.05, 4.69) is 53.3 Å². The second kappa shape index (κ2) is 12.6. The Hall–Kier alpha value is -2.44. The Balaban J connectivity index is 1.18. The number of aliphatic hydroxyl groups is 1. The number of piperidine rings is 1. The Morgan fingerprint density at radius 2 is 1.89 bits per heavy atom. The van der Waals surface area contributed by atoms with Gasteiger partial charge >= 0.3 is 0 Å². The van der Waals surface area contributed by atoms with Crippen LogP contribution in [0.3, 0.4) is 0 Å². The second-order valence-corrected chi connectivity index (χ2v) is 12.6. The number of rotatable bonds is 10. The van der Waals surface area contributed by atoms with Crippen molar-refractivity contribution in [1.29, 1.82) is 5.26 Å². The molecule has 3 heterocycles. The summed E-state index contributed by atoms with van der Waals surface area (Å²) in [6.45, 7) is 4.59. The van der Waals surface area contributed by atoms with Crippen molar-refractivity contribution in [2.75, 3.05) is 33.8 Å². The summed E-state index contributed by atoms with van der Waals surface area (Å²) in [4.78, 5) is 6.74. The zero-order chi connectivity index (χ0) is 26.5. The fraction of sp³-hybridized carbons (Fsp3) is 0.600. The van der Waals surface area contributed by atoms with Gasteiger partial charge in [0.1, 0.15) is 16.7 Å². The summed E-state index contributed by atoms with van der Waals surface area (Å²) in [6, 6.07) is 10.5. The van der Waals surface area contributed by atoms with Gasteiger partial charge < -0.3 is 19.3 Å². The molecule has 1 aromatic carbocycles. The van der Waals surface area contributed by atoms with Gasteiger partial charge in [-0.15, -0.1) is 11.3 Å². The third-order valence-corrected chi connectivity index (χ3v) is 9.16. The smallest absolute Gasteiger partial charge is 0.175 e. The molecule has 1 saturated carbocycles. The summed E-state index contributed by atoms with van der Waals surface area (Å²) in [5.41, 5.74) is 2.98. The number of aryl methyl sites for hydroxylation is 1. The van der Waals surface area contributed by atoms with Crippen LogP contribution in [0.5, 0.6) is 5.75 Å². The molecule has 3 aromatic rings. The van der Waals surface area contributed by atoms with Gasteiger partial charge in [0.2, 0.25) is 0 Å². The van der Waals surface area contributed by atoms with Gasteiger partial charge in [0.15, 0.2) is 5.58 Å². The molecule has 0 spiro atoms. The van der Waals surface area contributed by atoms with Gasteiger partial charge in [-0.1, -0.05) is 5.16 Å². The van der Waals surface area contributed by atoms with E-state index >= 15 is 0 Å². The van der Waals surface area contributed by atoms with Gasteiger partial charge in [0, 0.05) is 23.4 Å². The summed E-state index contributed by atoms with van der Waals surface area (Å²) in [5, 5.41) is 24.5. The van der Waals surface area contributed by atoms with Gasteiger partial charge in [0.25, 0.3) is 0 Å². The molecule has 8 heteroatoms. The lowest BCUT2D eigenvalue weighted by Gasteiger charge is -2.31. The highest BCUT2D eigenvalue weighted by Gasteiger charge is 2.24. The monoisotopic (exact) mass is 536 g/mol. The van der Waals surface area contributed by atoms with E-state index in [0.717, 1.165) is 97.6 Å². The van der Waals surface area contributed by atoms with Crippen LogP contribution in [-0.2, 0) is 19.5 Å². The van der Waals surface area contributed by atoms with E-state index in [1.54, 1.807) is 11.3 Å². The Kier molecular flexibility index (Phi) is 9.01. The van der Waals surface area contributed by atoms with Crippen LogP contribution >= 0.6 is 11.3 Å². The third-order valence-electron chi connectivity index (χ3n) is 8.19. The van der Waals surface area contributed by atoms with Crippen molar-refractivity contribution in [2.45, 2.75) is 70.6 Å². The minimum atomic E-state index is -0.142. The number of fused-ring (bicyclic) bond motifs is 1.